The van der Waals surface area contributed by atoms with Crippen molar-refractivity contribution in [3.8, 4) is 11.5 Å². The van der Waals surface area contributed by atoms with Crippen LogP contribution >= 0.6 is 0 Å². The van der Waals surface area contributed by atoms with E-state index in [-0.39, 0.29) is 13.2 Å². The van der Waals surface area contributed by atoms with Crippen molar-refractivity contribution in [2.24, 2.45) is 0 Å². The molecule has 14 nitrogen and oxygen atoms in total. The molecule has 0 aliphatic heterocycles. The molecule has 0 bridgehead atoms. The van der Waals surface area contributed by atoms with Gasteiger partial charge in [0, 0.05) is 31.5 Å². The molecule has 0 saturated heterocycles. The summed E-state index contributed by atoms with van der Waals surface area (Å²) in [7, 11) is -5.92. The number of carboxylic acid groups (broad SMARTS) is 1. The maximum atomic E-state index is 11.6. The molecule has 59 heavy (non-hydrogen) atoms. The van der Waals surface area contributed by atoms with Crippen LogP contribution in [0.25, 0.3) is 21.5 Å². The number of ketones is 1. The van der Waals surface area contributed by atoms with Crippen LogP contribution in [-0.4, -0.2) is 70.3 Å². The van der Waals surface area contributed by atoms with Crippen molar-refractivity contribution in [1.82, 2.24) is 0 Å². The Morgan fingerprint density at radius 3 is 1.46 bits per heavy atom. The monoisotopic (exact) mass is 1040 g/mol. The van der Waals surface area contributed by atoms with E-state index in [0.717, 1.165) is 23.4 Å². The number of hydrogen-bond acceptors (Lipinski definition) is 14. The van der Waals surface area contributed by atoms with Crippen LogP contribution in [0.15, 0.2) is 78.9 Å². The second-order valence-corrected chi connectivity index (χ2v) is 12.6. The average molecular weight is 1050 g/mol. The third kappa shape index (κ3) is 30.0. The Kier molecular flexibility index (Phi) is 35.6. The number of ether oxygens (including phenoxy) is 3. The molecule has 1 N–H and O–H groups in total. The van der Waals surface area contributed by atoms with Gasteiger partial charge in [-0.1, -0.05) is 67.5 Å². The summed E-state index contributed by atoms with van der Waals surface area (Å²) in [6, 6.07) is 25.9. The van der Waals surface area contributed by atoms with Crippen LogP contribution in [0.5, 0.6) is 11.5 Å². The number of alkyl halides is 6. The fraction of sp³-hybridized carbons (Fsp3) is 0.265. The van der Waals surface area contributed by atoms with E-state index in [9.17, 15) is 49.1 Å². The van der Waals surface area contributed by atoms with Gasteiger partial charge in [0.05, 0.1) is 19.8 Å². The van der Waals surface area contributed by atoms with Gasteiger partial charge in [-0.05, 0) is 48.0 Å². The number of carbonyl (C=O) groups is 4. The minimum atomic E-state index is -5.30. The van der Waals surface area contributed by atoms with Gasteiger partial charge in [0.2, 0.25) is 0 Å². The van der Waals surface area contributed by atoms with Gasteiger partial charge in [-0.15, -0.1) is 0 Å². The molecule has 0 aromatic heterocycles. The van der Waals surface area contributed by atoms with Crippen molar-refractivity contribution in [1.29, 1.82) is 1.34 Å². The molecule has 0 heterocycles. The van der Waals surface area contributed by atoms with Crippen molar-refractivity contribution < 1.29 is 137 Å². The van der Waals surface area contributed by atoms with Crippen LogP contribution in [-0.2, 0) is 103 Å². The van der Waals surface area contributed by atoms with Gasteiger partial charge in [-0.3, -0.25) is 19.2 Å². The third-order valence-electron chi connectivity index (χ3n) is 5.53. The van der Waals surface area contributed by atoms with E-state index < -0.39 is 55.8 Å². The second kappa shape index (κ2) is 34.0. The first-order valence-electron chi connectivity index (χ1n) is 15.5. The Labute approximate surface area is 370 Å². The molecule has 324 valence electrons. The molecule has 0 unspecified atom stereocenters. The number of halogens is 6. The third-order valence-corrected chi connectivity index (χ3v) is 7.17. The number of carboxylic acids is 1. The van der Waals surface area contributed by atoms with E-state index in [4.69, 9.17) is 34.8 Å². The van der Waals surface area contributed by atoms with Gasteiger partial charge in [0.25, 0.3) is 12.5 Å². The maximum absolute atomic E-state index is 11.6. The van der Waals surface area contributed by atoms with Crippen LogP contribution in [0, 0.1) is 7.43 Å². The van der Waals surface area contributed by atoms with Crippen LogP contribution in [0.1, 0.15) is 38.1 Å². The Morgan fingerprint density at radius 1 is 0.763 bits per heavy atom. The molecule has 25 heteroatoms. The zero-order valence-electron chi connectivity index (χ0n) is 33.4. The normalized spacial score (nSPS) is 9.92. The van der Waals surface area contributed by atoms with Crippen LogP contribution in [0.3, 0.4) is 0 Å². The molecule has 0 radical (unpaired) electrons. The predicted octanol–water partition coefficient (Wildman–Crippen LogP) is 7.43. The molecule has 4 rings (SSSR count). The fourth-order valence-electron chi connectivity index (χ4n) is 3.42. The predicted molar refractivity (Wildman–Crippen MR) is 197 cm³/mol. The number of benzene rings is 4. The number of esters is 2. The standard InChI is InChI=1S/C13H12O2.C11H10O.C4H6O3.C2H4BF3O2S.C2H4O2.CF3O2S.CH3.2O.2Zr/c1-9(14)13-11-6-4-3-5-10(11)7-8-12(13)15-2;1-12-11-7-6-9-4-2-3-5-10(9)8-11;1-3(5)7-4(2)6;1-3-9(7,8)2(4,5)6;1-2(3)4;2-1(3,4)7(5)6;;;;;/h3-8H,1-2H3;2-8H,1H3;1-2H3;3H,1H3;1H3,(H,3,4);;1H3;;;;/q;;;;;2*-1;;;;+2/i;;;3T;;;;;;;. The van der Waals surface area contributed by atoms with Gasteiger partial charge in [-0.2, -0.15) is 26.3 Å². The Balaban J connectivity index is -0.000000205. The van der Waals surface area contributed by atoms with E-state index in [0.29, 0.717) is 67.6 Å². The van der Waals surface area contributed by atoms with Crippen molar-refractivity contribution >= 4 is 72.1 Å². The molecule has 4 aromatic carbocycles. The number of aliphatic carboxylic acids is 1. The van der Waals surface area contributed by atoms with Crippen molar-refractivity contribution in [3.05, 3.63) is 91.9 Å². The van der Waals surface area contributed by atoms with Crippen LogP contribution in [0.2, 0.25) is 6.82 Å². The van der Waals surface area contributed by atoms with Gasteiger partial charge < -0.3 is 35.2 Å². The Hall–Kier alpha value is -3.81. The van der Waals surface area contributed by atoms with Crippen molar-refractivity contribution in [2.45, 2.75) is 45.5 Å². The van der Waals surface area contributed by atoms with Crippen molar-refractivity contribution in [3.63, 3.8) is 0 Å². The zero-order valence-corrected chi connectivity index (χ0v) is 39.0. The molecule has 0 aliphatic rings. The number of carbonyl (C=O) groups excluding carboxylic acids is 3. The van der Waals surface area contributed by atoms with E-state index in [1.807, 2.05) is 60.7 Å². The summed E-state index contributed by atoms with van der Waals surface area (Å²) in [5, 5.41) is 11.9. The first kappa shape index (κ1) is 61.8. The number of rotatable bonds is 4. The molecule has 0 amide bonds. The topological polar surface area (TPSA) is 219 Å². The molecule has 0 spiro atoms. The number of hydrogen-bond donors (Lipinski definition) is 1. The summed E-state index contributed by atoms with van der Waals surface area (Å²) in [4.78, 5) is 40.2. The quantitative estimate of drug-likeness (QED) is 0.0400. The molecule has 4 aromatic rings. The number of fused-ring (bicyclic) bond motifs is 2. The van der Waals surface area contributed by atoms with Gasteiger partial charge in [0.1, 0.15) is 11.5 Å². The first-order chi connectivity index (χ1) is 27.1. The molecular formula is C34H39BF6O14S2Zr2. The summed E-state index contributed by atoms with van der Waals surface area (Å²) in [6.07, 6.45) is 0. The van der Waals surface area contributed by atoms with E-state index in [1.54, 1.807) is 21.1 Å². The second-order valence-electron chi connectivity index (χ2n) is 9.64. The SMILES string of the molecule is CC(=O)O.CC(=O)OC(C)=O.COc1ccc2ccccc2c1.COc1ccc2ccccc2c1C(C)=O.O=[S-](=O)C(F)(F)F.[3H]B(C)S(=O)(=O)C(F)(F)F.[CH3-].[O]=[Zr+2].[O]=[Zr]. The Bertz CT molecular complexity index is 2100. The first-order valence-corrected chi connectivity index (χ1v) is 19.5. The van der Waals surface area contributed by atoms with E-state index >= 15 is 0 Å². The fourth-order valence-corrected chi connectivity index (χ4v) is 3.68. The molecule has 0 fully saturated rings. The molecule has 0 saturated carbocycles. The minimum absolute atomic E-state index is 0. The summed E-state index contributed by atoms with van der Waals surface area (Å²) in [5.74, 6) is -0.376. The zero-order chi connectivity index (χ0) is 47.3. The van der Waals surface area contributed by atoms with Gasteiger partial charge in [0.15, 0.2) is 15.5 Å². The summed E-state index contributed by atoms with van der Waals surface area (Å²) in [6.45, 7) is 3.52. The van der Waals surface area contributed by atoms with Gasteiger partial charge in [-0.25, -0.2) is 8.42 Å². The van der Waals surface area contributed by atoms with E-state index in [2.05, 4.69) is 22.9 Å². The van der Waals surface area contributed by atoms with Gasteiger partial charge >= 0.3 is 78.0 Å². The Morgan fingerprint density at radius 2 is 1.15 bits per heavy atom. The molecular weight excluding hydrogens is 1000 g/mol. The molecule has 0 atom stereocenters. The molecule has 0 aliphatic carbocycles. The number of methoxy groups -OCH3 is 2. The van der Waals surface area contributed by atoms with Crippen LogP contribution in [0.4, 0.5) is 26.3 Å². The van der Waals surface area contributed by atoms with Crippen LogP contribution < -0.4 is 9.47 Å². The average Bonchev–Trinajstić information content (AvgIpc) is 3.15. The van der Waals surface area contributed by atoms with Crippen molar-refractivity contribution in [2.75, 3.05) is 14.2 Å². The summed E-state index contributed by atoms with van der Waals surface area (Å²) >= 11 is 0.600. The van der Waals surface area contributed by atoms with E-state index in [1.165, 1.54) is 24.6 Å². The summed E-state index contributed by atoms with van der Waals surface area (Å²) in [5.41, 5.74) is -9.72. The number of Topliss-reactive ketones (excluding diaryl/α,β-unsaturated/α-hetero) is 1. The summed E-state index contributed by atoms with van der Waals surface area (Å²) < 4.78 is 141.